The zero-order valence-electron chi connectivity index (χ0n) is 18.1. The number of rotatable bonds is 7. The molecule has 0 spiro atoms. The summed E-state index contributed by atoms with van der Waals surface area (Å²) in [6, 6.07) is 24.0. The summed E-state index contributed by atoms with van der Waals surface area (Å²) in [5, 5.41) is 7.02. The van der Waals surface area contributed by atoms with Crippen LogP contribution >= 0.6 is 0 Å². The van der Waals surface area contributed by atoms with E-state index in [1.165, 1.54) is 0 Å². The van der Waals surface area contributed by atoms with Crippen molar-refractivity contribution in [1.82, 2.24) is 5.43 Å². The lowest BCUT2D eigenvalue weighted by Gasteiger charge is -2.09. The predicted octanol–water partition coefficient (Wildman–Crippen LogP) is 5.23. The third kappa shape index (κ3) is 6.37. The van der Waals surface area contributed by atoms with E-state index in [1.54, 1.807) is 0 Å². The topological polar surface area (TPSA) is 70.6 Å². The number of amides is 2. The SMILES string of the molecule is CC(=NNC(=O)CCC(=O)Nc1ccc(C)cc1C)c1ccc(-c2ccccc2)cc1. The lowest BCUT2D eigenvalue weighted by molar-refractivity contribution is -0.124. The molecule has 0 aromatic heterocycles. The molecular formula is C26H27N3O2. The van der Waals surface area contributed by atoms with Gasteiger partial charge in [-0.25, -0.2) is 5.43 Å². The van der Waals surface area contributed by atoms with Crippen molar-refractivity contribution in [3.8, 4) is 11.1 Å². The summed E-state index contributed by atoms with van der Waals surface area (Å²) in [6.07, 6.45) is 0.167. The lowest BCUT2D eigenvalue weighted by Crippen LogP contribution is -2.22. The molecule has 3 aromatic rings. The molecule has 2 amide bonds. The fourth-order valence-electron chi connectivity index (χ4n) is 3.19. The van der Waals surface area contributed by atoms with Gasteiger partial charge in [0.05, 0.1) is 5.71 Å². The summed E-state index contributed by atoms with van der Waals surface area (Å²) in [4.78, 5) is 24.2. The molecule has 158 valence electrons. The minimum absolute atomic E-state index is 0.0699. The van der Waals surface area contributed by atoms with E-state index < -0.39 is 0 Å². The molecule has 0 radical (unpaired) electrons. The van der Waals surface area contributed by atoms with E-state index in [-0.39, 0.29) is 24.7 Å². The van der Waals surface area contributed by atoms with Crippen LogP contribution < -0.4 is 10.7 Å². The summed E-state index contributed by atoms with van der Waals surface area (Å²) >= 11 is 0. The Balaban J connectivity index is 1.49. The van der Waals surface area contributed by atoms with Gasteiger partial charge in [-0.15, -0.1) is 0 Å². The Morgan fingerprint density at radius 3 is 2.13 bits per heavy atom. The quantitative estimate of drug-likeness (QED) is 0.411. The van der Waals surface area contributed by atoms with Crippen LogP contribution in [0.4, 0.5) is 5.69 Å². The van der Waals surface area contributed by atoms with Gasteiger partial charge in [0.25, 0.3) is 0 Å². The van der Waals surface area contributed by atoms with Crippen molar-refractivity contribution in [2.45, 2.75) is 33.6 Å². The van der Waals surface area contributed by atoms with E-state index >= 15 is 0 Å². The zero-order valence-corrected chi connectivity index (χ0v) is 18.1. The van der Waals surface area contributed by atoms with Crippen molar-refractivity contribution < 1.29 is 9.59 Å². The Morgan fingerprint density at radius 2 is 1.45 bits per heavy atom. The van der Waals surface area contributed by atoms with Crippen LogP contribution in [0, 0.1) is 13.8 Å². The maximum atomic E-state index is 12.1. The molecule has 0 saturated heterocycles. The second kappa shape index (κ2) is 10.3. The van der Waals surface area contributed by atoms with E-state index in [1.807, 2.05) is 81.4 Å². The Labute approximate surface area is 183 Å². The average Bonchev–Trinajstić information content (AvgIpc) is 2.78. The maximum absolute atomic E-state index is 12.1. The van der Waals surface area contributed by atoms with Gasteiger partial charge < -0.3 is 5.32 Å². The Hall–Kier alpha value is -3.73. The monoisotopic (exact) mass is 413 g/mol. The zero-order chi connectivity index (χ0) is 22.2. The third-order valence-electron chi connectivity index (χ3n) is 4.99. The fraction of sp³-hybridized carbons (Fsp3) is 0.192. The summed E-state index contributed by atoms with van der Waals surface area (Å²) < 4.78 is 0. The van der Waals surface area contributed by atoms with Gasteiger partial charge in [-0.3, -0.25) is 9.59 Å². The molecule has 2 N–H and O–H groups in total. The summed E-state index contributed by atoms with van der Waals surface area (Å²) in [6.45, 7) is 5.78. The number of hydrogen-bond acceptors (Lipinski definition) is 3. The first-order valence-electron chi connectivity index (χ1n) is 10.3. The van der Waals surface area contributed by atoms with Gasteiger partial charge in [0.1, 0.15) is 0 Å². The van der Waals surface area contributed by atoms with Crippen molar-refractivity contribution in [1.29, 1.82) is 0 Å². The minimum atomic E-state index is -0.295. The highest BCUT2D eigenvalue weighted by atomic mass is 16.2. The van der Waals surface area contributed by atoms with Gasteiger partial charge in [0, 0.05) is 18.5 Å². The number of carbonyl (C=O) groups is 2. The Bertz CT molecular complexity index is 1090. The predicted molar refractivity (Wildman–Crippen MR) is 126 cm³/mol. The molecule has 0 fully saturated rings. The number of nitrogens with one attached hydrogen (secondary N) is 2. The van der Waals surface area contributed by atoms with Crippen molar-refractivity contribution in [3.05, 3.63) is 89.5 Å². The first-order valence-corrected chi connectivity index (χ1v) is 10.3. The molecule has 0 atom stereocenters. The van der Waals surface area contributed by atoms with Crippen LogP contribution in [0.2, 0.25) is 0 Å². The van der Waals surface area contributed by atoms with Crippen molar-refractivity contribution in [3.63, 3.8) is 0 Å². The molecule has 0 aliphatic rings. The highest BCUT2D eigenvalue weighted by Crippen LogP contribution is 2.19. The second-order valence-corrected chi connectivity index (χ2v) is 7.54. The molecule has 31 heavy (non-hydrogen) atoms. The molecule has 0 aliphatic carbocycles. The van der Waals surface area contributed by atoms with Crippen LogP contribution in [-0.4, -0.2) is 17.5 Å². The minimum Gasteiger partial charge on any atom is -0.326 e. The number of carbonyl (C=O) groups excluding carboxylic acids is 2. The number of benzene rings is 3. The number of hydrogen-bond donors (Lipinski definition) is 2. The molecule has 0 bridgehead atoms. The molecule has 5 nitrogen and oxygen atoms in total. The van der Waals surface area contributed by atoms with Gasteiger partial charge in [-0.05, 0) is 49.1 Å². The van der Waals surface area contributed by atoms with Crippen LogP contribution in [-0.2, 0) is 9.59 Å². The number of nitrogens with zero attached hydrogens (tertiary/aromatic N) is 1. The van der Waals surface area contributed by atoms with Gasteiger partial charge in [-0.1, -0.05) is 72.3 Å². The van der Waals surface area contributed by atoms with Crippen LogP contribution in [0.1, 0.15) is 36.5 Å². The van der Waals surface area contributed by atoms with E-state index in [0.717, 1.165) is 33.5 Å². The fourth-order valence-corrected chi connectivity index (χ4v) is 3.19. The van der Waals surface area contributed by atoms with Crippen LogP contribution in [0.15, 0.2) is 77.9 Å². The van der Waals surface area contributed by atoms with Crippen LogP contribution in [0.25, 0.3) is 11.1 Å². The van der Waals surface area contributed by atoms with Gasteiger partial charge >= 0.3 is 0 Å². The molecule has 0 aliphatic heterocycles. The molecule has 3 aromatic carbocycles. The average molecular weight is 414 g/mol. The second-order valence-electron chi connectivity index (χ2n) is 7.54. The van der Waals surface area contributed by atoms with Crippen molar-refractivity contribution in [2.75, 3.05) is 5.32 Å². The Morgan fingerprint density at radius 1 is 0.806 bits per heavy atom. The van der Waals surface area contributed by atoms with Crippen LogP contribution in [0.5, 0.6) is 0 Å². The molecule has 0 saturated carbocycles. The summed E-state index contributed by atoms with van der Waals surface area (Å²) in [5.41, 5.74) is 9.33. The molecule has 5 heteroatoms. The smallest absolute Gasteiger partial charge is 0.240 e. The van der Waals surface area contributed by atoms with Crippen molar-refractivity contribution in [2.24, 2.45) is 5.10 Å². The number of hydrazone groups is 1. The molecular weight excluding hydrogens is 386 g/mol. The largest absolute Gasteiger partial charge is 0.326 e. The highest BCUT2D eigenvalue weighted by Gasteiger charge is 2.09. The number of anilines is 1. The van der Waals surface area contributed by atoms with Gasteiger partial charge in [-0.2, -0.15) is 5.10 Å². The first kappa shape index (κ1) is 22.0. The number of aryl methyl sites for hydroxylation is 2. The van der Waals surface area contributed by atoms with Crippen LogP contribution in [0.3, 0.4) is 0 Å². The standard InChI is InChI=1S/C26H27N3O2/c1-18-9-14-24(19(2)17-18)27-25(30)15-16-26(31)29-28-20(3)21-10-12-23(13-11-21)22-7-5-4-6-8-22/h4-14,17H,15-16H2,1-3H3,(H,27,30)(H,29,31). The maximum Gasteiger partial charge on any atom is 0.240 e. The van der Waals surface area contributed by atoms with E-state index in [4.69, 9.17) is 0 Å². The summed E-state index contributed by atoms with van der Waals surface area (Å²) in [7, 11) is 0. The van der Waals surface area contributed by atoms with E-state index in [0.29, 0.717) is 5.71 Å². The highest BCUT2D eigenvalue weighted by molar-refractivity contribution is 6.00. The van der Waals surface area contributed by atoms with E-state index in [2.05, 4.69) is 28.0 Å². The lowest BCUT2D eigenvalue weighted by atomic mass is 10.0. The first-order chi connectivity index (χ1) is 14.9. The third-order valence-corrected chi connectivity index (χ3v) is 4.99. The molecule has 0 unspecified atom stereocenters. The van der Waals surface area contributed by atoms with Gasteiger partial charge in [0.2, 0.25) is 11.8 Å². The Kier molecular flexibility index (Phi) is 7.33. The summed E-state index contributed by atoms with van der Waals surface area (Å²) in [5.74, 6) is -0.490. The van der Waals surface area contributed by atoms with Gasteiger partial charge in [0.15, 0.2) is 0 Å². The van der Waals surface area contributed by atoms with E-state index in [9.17, 15) is 9.59 Å². The molecule has 0 heterocycles. The van der Waals surface area contributed by atoms with Crippen molar-refractivity contribution >= 4 is 23.2 Å². The normalized spacial score (nSPS) is 11.1. The molecule has 3 rings (SSSR count).